The molecule has 4 heteroatoms. The van der Waals surface area contributed by atoms with Gasteiger partial charge in [-0.3, -0.25) is 4.79 Å². The summed E-state index contributed by atoms with van der Waals surface area (Å²) in [4.78, 5) is 21.6. The van der Waals surface area contributed by atoms with Crippen LogP contribution in [0.5, 0.6) is 0 Å². The van der Waals surface area contributed by atoms with Crippen LogP contribution in [-0.4, -0.2) is 22.2 Å². The highest BCUT2D eigenvalue weighted by molar-refractivity contribution is 5.92. The average Bonchev–Trinajstić information content (AvgIpc) is 2.25. The molecule has 1 aliphatic carbocycles. The third-order valence-corrected chi connectivity index (χ3v) is 3.28. The highest BCUT2D eigenvalue weighted by Gasteiger charge is 2.22. The van der Waals surface area contributed by atoms with Gasteiger partial charge in [0, 0.05) is 5.57 Å². The van der Waals surface area contributed by atoms with Crippen LogP contribution in [-0.2, 0) is 9.59 Å². The highest BCUT2D eigenvalue weighted by Crippen LogP contribution is 2.31. The molecule has 16 heavy (non-hydrogen) atoms. The van der Waals surface area contributed by atoms with Crippen LogP contribution in [0.3, 0.4) is 0 Å². The van der Waals surface area contributed by atoms with E-state index in [0.717, 1.165) is 31.3 Å². The summed E-state index contributed by atoms with van der Waals surface area (Å²) in [6.45, 7) is 1.77. The van der Waals surface area contributed by atoms with Crippen molar-refractivity contribution in [3.05, 3.63) is 11.1 Å². The smallest absolute Gasteiger partial charge is 0.332 e. The normalized spacial score (nSPS) is 19.1. The van der Waals surface area contributed by atoms with Crippen LogP contribution in [0.25, 0.3) is 0 Å². The summed E-state index contributed by atoms with van der Waals surface area (Å²) in [5.74, 6) is -1.91. The molecule has 1 saturated carbocycles. The van der Waals surface area contributed by atoms with Gasteiger partial charge in [-0.1, -0.05) is 24.8 Å². The number of rotatable bonds is 4. The summed E-state index contributed by atoms with van der Waals surface area (Å²) < 4.78 is 0. The van der Waals surface area contributed by atoms with Crippen molar-refractivity contribution in [3.8, 4) is 0 Å². The molecule has 0 amide bonds. The minimum Gasteiger partial charge on any atom is -0.481 e. The van der Waals surface area contributed by atoms with Gasteiger partial charge >= 0.3 is 11.9 Å². The number of allylic oxidation sites excluding steroid dienone is 1. The molecule has 0 saturated heterocycles. The quantitative estimate of drug-likeness (QED) is 0.722. The molecule has 0 aromatic rings. The number of carboxylic acid groups (broad SMARTS) is 2. The molecule has 1 aliphatic rings. The summed E-state index contributed by atoms with van der Waals surface area (Å²) in [6, 6.07) is 0. The Kier molecular flexibility index (Phi) is 4.52. The molecule has 4 nitrogen and oxygen atoms in total. The molecule has 2 N–H and O–H groups in total. The lowest BCUT2D eigenvalue weighted by Gasteiger charge is -2.23. The van der Waals surface area contributed by atoms with E-state index in [2.05, 4.69) is 0 Å². The second kappa shape index (κ2) is 5.68. The van der Waals surface area contributed by atoms with Crippen LogP contribution >= 0.6 is 0 Å². The van der Waals surface area contributed by atoms with Crippen LogP contribution < -0.4 is 0 Å². The lowest BCUT2D eigenvalue weighted by Crippen LogP contribution is -2.15. The number of carboxylic acids is 2. The largest absolute Gasteiger partial charge is 0.481 e. The van der Waals surface area contributed by atoms with E-state index < -0.39 is 11.9 Å². The zero-order chi connectivity index (χ0) is 12.1. The van der Waals surface area contributed by atoms with E-state index in [4.69, 9.17) is 10.2 Å². The van der Waals surface area contributed by atoms with Crippen molar-refractivity contribution in [1.82, 2.24) is 0 Å². The Balaban J connectivity index is 2.85. The summed E-state index contributed by atoms with van der Waals surface area (Å²) in [6.07, 6.45) is 5.03. The van der Waals surface area contributed by atoms with Crippen LogP contribution in [0, 0.1) is 5.92 Å². The Bertz CT molecular complexity index is 311. The fraction of sp³-hybridized carbons (Fsp3) is 0.667. The van der Waals surface area contributed by atoms with E-state index in [-0.39, 0.29) is 17.9 Å². The maximum absolute atomic E-state index is 11.0. The van der Waals surface area contributed by atoms with Gasteiger partial charge in [0.1, 0.15) is 0 Å². The zero-order valence-corrected chi connectivity index (χ0v) is 9.53. The molecule has 0 heterocycles. The minimum atomic E-state index is -1.09. The average molecular weight is 226 g/mol. The first-order valence-corrected chi connectivity index (χ1v) is 5.67. The van der Waals surface area contributed by atoms with E-state index in [1.165, 1.54) is 6.42 Å². The standard InChI is InChI=1S/C12H18O4/c1-8(9-5-3-2-4-6-9)10(12(15)16)7-11(13)14/h9H,2-7H2,1H3,(H,13,14)(H,15,16). The monoisotopic (exact) mass is 226 g/mol. The summed E-state index contributed by atoms with van der Waals surface area (Å²) in [7, 11) is 0. The van der Waals surface area contributed by atoms with Crippen molar-refractivity contribution in [2.45, 2.75) is 45.4 Å². The summed E-state index contributed by atoms with van der Waals surface area (Å²) in [5.41, 5.74) is 0.828. The fourth-order valence-corrected chi connectivity index (χ4v) is 2.32. The molecule has 0 unspecified atom stereocenters. The predicted molar refractivity (Wildman–Crippen MR) is 59.2 cm³/mol. The Labute approximate surface area is 95.0 Å². The second-order valence-electron chi connectivity index (χ2n) is 4.37. The number of hydrogen-bond donors (Lipinski definition) is 2. The van der Waals surface area contributed by atoms with Gasteiger partial charge in [-0.25, -0.2) is 4.79 Å². The number of aliphatic carboxylic acids is 2. The second-order valence-corrected chi connectivity index (χ2v) is 4.37. The van der Waals surface area contributed by atoms with Crippen molar-refractivity contribution in [2.75, 3.05) is 0 Å². The maximum Gasteiger partial charge on any atom is 0.332 e. The summed E-state index contributed by atoms with van der Waals surface area (Å²) in [5, 5.41) is 17.7. The van der Waals surface area contributed by atoms with Crippen molar-refractivity contribution in [2.24, 2.45) is 5.92 Å². The van der Waals surface area contributed by atoms with Gasteiger partial charge in [-0.05, 0) is 25.7 Å². The topological polar surface area (TPSA) is 74.6 Å². The van der Waals surface area contributed by atoms with Gasteiger partial charge in [-0.15, -0.1) is 0 Å². The van der Waals surface area contributed by atoms with Gasteiger partial charge < -0.3 is 10.2 Å². The highest BCUT2D eigenvalue weighted by atomic mass is 16.4. The van der Waals surface area contributed by atoms with Crippen LogP contribution in [0.1, 0.15) is 45.4 Å². The summed E-state index contributed by atoms with van der Waals surface area (Å²) >= 11 is 0. The van der Waals surface area contributed by atoms with Crippen molar-refractivity contribution in [3.63, 3.8) is 0 Å². The Morgan fingerprint density at radius 2 is 1.69 bits per heavy atom. The lowest BCUT2D eigenvalue weighted by molar-refractivity contribution is -0.139. The van der Waals surface area contributed by atoms with Crippen molar-refractivity contribution >= 4 is 11.9 Å². The molecule has 1 rings (SSSR count). The Morgan fingerprint density at radius 1 is 1.12 bits per heavy atom. The molecular weight excluding hydrogens is 208 g/mol. The molecule has 0 aromatic heterocycles. The third-order valence-electron chi connectivity index (χ3n) is 3.28. The first kappa shape index (κ1) is 12.7. The van der Waals surface area contributed by atoms with Gasteiger partial charge in [0.05, 0.1) is 6.42 Å². The Morgan fingerprint density at radius 3 is 2.12 bits per heavy atom. The first-order valence-electron chi connectivity index (χ1n) is 5.67. The van der Waals surface area contributed by atoms with Gasteiger partial charge in [-0.2, -0.15) is 0 Å². The molecule has 0 radical (unpaired) electrons. The lowest BCUT2D eigenvalue weighted by atomic mass is 9.82. The van der Waals surface area contributed by atoms with Gasteiger partial charge in [0.2, 0.25) is 0 Å². The van der Waals surface area contributed by atoms with E-state index in [0.29, 0.717) is 0 Å². The third kappa shape index (κ3) is 3.36. The van der Waals surface area contributed by atoms with E-state index in [9.17, 15) is 9.59 Å². The Hall–Kier alpha value is -1.32. The molecular formula is C12H18O4. The van der Waals surface area contributed by atoms with Gasteiger partial charge in [0.15, 0.2) is 0 Å². The van der Waals surface area contributed by atoms with Gasteiger partial charge in [0.25, 0.3) is 0 Å². The predicted octanol–water partition coefficient (Wildman–Crippen LogP) is 2.44. The van der Waals surface area contributed by atoms with E-state index >= 15 is 0 Å². The van der Waals surface area contributed by atoms with Crippen LogP contribution in [0.2, 0.25) is 0 Å². The van der Waals surface area contributed by atoms with Crippen LogP contribution in [0.15, 0.2) is 11.1 Å². The number of carbonyl (C=O) groups is 2. The van der Waals surface area contributed by atoms with E-state index in [1.54, 1.807) is 6.92 Å². The number of hydrogen-bond acceptors (Lipinski definition) is 2. The molecule has 0 aromatic carbocycles. The van der Waals surface area contributed by atoms with E-state index in [1.807, 2.05) is 0 Å². The minimum absolute atomic E-state index is 0.0689. The first-order chi connectivity index (χ1) is 7.52. The zero-order valence-electron chi connectivity index (χ0n) is 9.53. The molecule has 0 aliphatic heterocycles. The van der Waals surface area contributed by atoms with Crippen molar-refractivity contribution < 1.29 is 19.8 Å². The van der Waals surface area contributed by atoms with Crippen LogP contribution in [0.4, 0.5) is 0 Å². The molecule has 0 atom stereocenters. The fourth-order valence-electron chi connectivity index (χ4n) is 2.32. The molecule has 0 bridgehead atoms. The maximum atomic E-state index is 11.0. The van der Waals surface area contributed by atoms with Crippen molar-refractivity contribution in [1.29, 1.82) is 0 Å². The molecule has 0 spiro atoms. The SMILES string of the molecule is CC(=C(CC(=O)O)C(=O)O)C1CCCCC1. The molecule has 90 valence electrons. The molecule has 1 fully saturated rings.